The van der Waals surface area contributed by atoms with Crippen LogP contribution in [0.5, 0.6) is 5.75 Å². The molecule has 0 saturated carbocycles. The first-order valence-electron chi connectivity index (χ1n) is 12.9. The molecule has 0 unspecified atom stereocenters. The SMILES string of the molecule is CC1(C)Oc2cc3c(cc2NC1=O)nc(NC(=O)c1ccc(-c2ccncc2)s1)n3CCCN1CCCC1=O. The number of thiophene rings is 1. The van der Waals surface area contributed by atoms with Crippen LogP contribution in [-0.4, -0.2) is 55.8 Å². The Bertz CT molecular complexity index is 1590. The molecule has 5 heterocycles. The van der Waals surface area contributed by atoms with Crippen molar-refractivity contribution in [3.05, 3.63) is 53.7 Å². The molecule has 11 heteroatoms. The van der Waals surface area contributed by atoms with E-state index >= 15 is 0 Å². The van der Waals surface area contributed by atoms with Crippen LogP contribution in [0.4, 0.5) is 11.6 Å². The number of imidazole rings is 1. The van der Waals surface area contributed by atoms with Gasteiger partial charge in [-0.25, -0.2) is 4.98 Å². The lowest BCUT2D eigenvalue weighted by atomic mass is 10.1. The number of nitrogens with one attached hydrogen (secondary N) is 2. The molecule has 0 spiro atoms. The highest BCUT2D eigenvalue weighted by Crippen LogP contribution is 2.38. The minimum Gasteiger partial charge on any atom is -0.476 e. The second-order valence-electron chi connectivity index (χ2n) is 10.2. The van der Waals surface area contributed by atoms with Crippen LogP contribution >= 0.6 is 11.3 Å². The second kappa shape index (κ2) is 9.81. The number of likely N-dealkylation sites (tertiary alicyclic amines) is 1. The summed E-state index contributed by atoms with van der Waals surface area (Å²) < 4.78 is 7.95. The van der Waals surface area contributed by atoms with E-state index in [4.69, 9.17) is 9.72 Å². The highest BCUT2D eigenvalue weighted by atomic mass is 32.1. The predicted octanol–water partition coefficient (Wildman–Crippen LogP) is 4.53. The van der Waals surface area contributed by atoms with Crippen LogP contribution in [0.25, 0.3) is 21.5 Å². The molecule has 2 aliphatic heterocycles. The number of fused-ring (bicyclic) bond motifs is 2. The molecule has 0 atom stereocenters. The molecular weight excluding hydrogens is 516 g/mol. The van der Waals surface area contributed by atoms with Gasteiger partial charge in [-0.1, -0.05) is 0 Å². The molecule has 2 N–H and O–H groups in total. The number of pyridine rings is 1. The zero-order chi connectivity index (χ0) is 27.1. The number of carbonyl (C=O) groups excluding carboxylic acids is 3. The van der Waals surface area contributed by atoms with Gasteiger partial charge in [-0.2, -0.15) is 0 Å². The average Bonchev–Trinajstić information content (AvgIpc) is 3.64. The predicted molar refractivity (Wildman–Crippen MR) is 149 cm³/mol. The van der Waals surface area contributed by atoms with Gasteiger partial charge < -0.3 is 19.5 Å². The Labute approximate surface area is 229 Å². The number of rotatable bonds is 7. The third-order valence-corrected chi connectivity index (χ3v) is 8.14. The van der Waals surface area contributed by atoms with Crippen LogP contribution in [0.3, 0.4) is 0 Å². The van der Waals surface area contributed by atoms with Crippen LogP contribution in [0.15, 0.2) is 48.8 Å². The first-order valence-corrected chi connectivity index (χ1v) is 13.7. The van der Waals surface area contributed by atoms with Crippen LogP contribution in [0.1, 0.15) is 42.8 Å². The first kappa shape index (κ1) is 25.1. The van der Waals surface area contributed by atoms with E-state index in [-0.39, 0.29) is 17.7 Å². The van der Waals surface area contributed by atoms with E-state index in [9.17, 15) is 14.4 Å². The Morgan fingerprint density at radius 2 is 1.97 bits per heavy atom. The summed E-state index contributed by atoms with van der Waals surface area (Å²) in [5.74, 6) is 0.625. The quantitative estimate of drug-likeness (QED) is 0.353. The number of ether oxygens (including phenoxy) is 1. The summed E-state index contributed by atoms with van der Waals surface area (Å²) in [5, 5.41) is 5.88. The highest BCUT2D eigenvalue weighted by molar-refractivity contribution is 7.17. The van der Waals surface area contributed by atoms with E-state index < -0.39 is 5.60 Å². The first-order chi connectivity index (χ1) is 18.8. The maximum atomic E-state index is 13.3. The van der Waals surface area contributed by atoms with Gasteiger partial charge in [0.25, 0.3) is 11.8 Å². The molecule has 0 bridgehead atoms. The highest BCUT2D eigenvalue weighted by Gasteiger charge is 2.36. The van der Waals surface area contributed by atoms with Crippen LogP contribution < -0.4 is 15.4 Å². The molecule has 2 aliphatic rings. The molecule has 1 aromatic carbocycles. The minimum absolute atomic E-state index is 0.183. The summed E-state index contributed by atoms with van der Waals surface area (Å²) in [6.45, 7) is 5.38. The minimum atomic E-state index is -1.01. The number of nitrogens with zero attached hydrogens (tertiary/aromatic N) is 4. The van der Waals surface area contributed by atoms with E-state index in [1.165, 1.54) is 11.3 Å². The van der Waals surface area contributed by atoms with Crippen molar-refractivity contribution in [2.24, 2.45) is 0 Å². The van der Waals surface area contributed by atoms with Crippen molar-refractivity contribution in [2.45, 2.75) is 45.3 Å². The van der Waals surface area contributed by atoms with Crippen LogP contribution in [-0.2, 0) is 16.1 Å². The molecule has 3 aromatic heterocycles. The maximum Gasteiger partial charge on any atom is 0.268 e. The third-order valence-electron chi connectivity index (χ3n) is 7.01. The van der Waals surface area contributed by atoms with Gasteiger partial charge in [0.05, 0.1) is 21.6 Å². The molecule has 0 radical (unpaired) electrons. The largest absolute Gasteiger partial charge is 0.476 e. The fraction of sp³-hybridized carbons (Fsp3) is 0.321. The third kappa shape index (κ3) is 4.85. The lowest BCUT2D eigenvalue weighted by Gasteiger charge is -2.31. The zero-order valence-corrected chi connectivity index (χ0v) is 22.5. The Morgan fingerprint density at radius 1 is 1.15 bits per heavy atom. The molecule has 4 aromatic rings. The van der Waals surface area contributed by atoms with Gasteiger partial charge in [0.15, 0.2) is 5.60 Å². The molecular formula is C28H28N6O4S. The summed E-state index contributed by atoms with van der Waals surface area (Å²) >= 11 is 1.39. The van der Waals surface area contributed by atoms with Crippen molar-refractivity contribution < 1.29 is 19.1 Å². The molecule has 3 amide bonds. The van der Waals surface area contributed by atoms with E-state index in [1.807, 2.05) is 33.7 Å². The number of aromatic nitrogens is 3. The molecule has 1 fully saturated rings. The van der Waals surface area contributed by atoms with Crippen molar-refractivity contribution in [2.75, 3.05) is 23.7 Å². The van der Waals surface area contributed by atoms with Gasteiger partial charge in [0.2, 0.25) is 11.9 Å². The summed E-state index contributed by atoms with van der Waals surface area (Å²) in [7, 11) is 0. The number of hydrogen-bond acceptors (Lipinski definition) is 7. The molecule has 200 valence electrons. The Hall–Kier alpha value is -4.25. The van der Waals surface area contributed by atoms with Crippen molar-refractivity contribution >= 4 is 51.7 Å². The molecule has 0 aliphatic carbocycles. The Morgan fingerprint density at radius 3 is 2.74 bits per heavy atom. The summed E-state index contributed by atoms with van der Waals surface area (Å²) in [5.41, 5.74) is 1.91. The molecule has 39 heavy (non-hydrogen) atoms. The second-order valence-corrected chi connectivity index (χ2v) is 11.3. The van der Waals surface area contributed by atoms with E-state index in [1.54, 1.807) is 38.4 Å². The van der Waals surface area contributed by atoms with Gasteiger partial charge in [-0.3, -0.25) is 24.7 Å². The number of benzene rings is 1. The van der Waals surface area contributed by atoms with Gasteiger partial charge >= 0.3 is 0 Å². The monoisotopic (exact) mass is 544 g/mol. The fourth-order valence-electron chi connectivity index (χ4n) is 4.90. The summed E-state index contributed by atoms with van der Waals surface area (Å²) in [6.07, 6.45) is 5.63. The van der Waals surface area contributed by atoms with Crippen LogP contribution in [0, 0.1) is 0 Å². The van der Waals surface area contributed by atoms with E-state index in [0.29, 0.717) is 53.7 Å². The average molecular weight is 545 g/mol. The van der Waals surface area contributed by atoms with E-state index in [0.717, 1.165) is 28.9 Å². The van der Waals surface area contributed by atoms with Gasteiger partial charge in [0, 0.05) is 49.4 Å². The fourth-order valence-corrected chi connectivity index (χ4v) is 5.81. The maximum absolute atomic E-state index is 13.3. The lowest BCUT2D eigenvalue weighted by molar-refractivity contribution is -0.129. The number of hydrogen-bond donors (Lipinski definition) is 2. The standard InChI is InChI=1S/C28H28N6O4S/c1-28(2)26(37)30-19-15-18-20(16-21(19)38-28)34(14-4-13-33-12-3-5-24(33)35)27(31-18)32-25(36)23-7-6-22(39-23)17-8-10-29-11-9-17/h6-11,15-16H,3-5,12-14H2,1-2H3,(H,30,37)(H,31,32,36). The number of carbonyl (C=O) groups is 3. The van der Waals surface area contributed by atoms with Gasteiger partial charge in [-0.05, 0) is 62.6 Å². The van der Waals surface area contributed by atoms with Gasteiger partial charge in [0.1, 0.15) is 5.75 Å². The van der Waals surface area contributed by atoms with E-state index in [2.05, 4.69) is 15.6 Å². The van der Waals surface area contributed by atoms with Crippen LogP contribution in [0.2, 0.25) is 0 Å². The molecule has 6 rings (SSSR count). The number of amides is 3. The Balaban J connectivity index is 1.31. The van der Waals surface area contributed by atoms with Gasteiger partial charge in [-0.15, -0.1) is 11.3 Å². The van der Waals surface area contributed by atoms with Crippen molar-refractivity contribution in [1.82, 2.24) is 19.4 Å². The van der Waals surface area contributed by atoms with Crippen molar-refractivity contribution in [3.63, 3.8) is 0 Å². The smallest absolute Gasteiger partial charge is 0.268 e. The summed E-state index contributed by atoms with van der Waals surface area (Å²) in [6, 6.07) is 11.1. The number of anilines is 2. The molecule has 10 nitrogen and oxygen atoms in total. The topological polar surface area (TPSA) is 118 Å². The van der Waals surface area contributed by atoms with Crippen molar-refractivity contribution in [3.8, 4) is 16.2 Å². The number of aryl methyl sites for hydroxylation is 1. The molecule has 1 saturated heterocycles. The zero-order valence-electron chi connectivity index (χ0n) is 21.7. The summed E-state index contributed by atoms with van der Waals surface area (Å²) in [4.78, 5) is 50.0. The normalized spacial score (nSPS) is 16.2. The lowest BCUT2D eigenvalue weighted by Crippen LogP contribution is -2.45. The van der Waals surface area contributed by atoms with Crippen molar-refractivity contribution in [1.29, 1.82) is 0 Å². The Kier molecular flexibility index (Phi) is 6.30.